The van der Waals surface area contributed by atoms with Gasteiger partial charge in [-0.2, -0.15) is 9.65 Å². The third-order valence-corrected chi connectivity index (χ3v) is 5.37. The van der Waals surface area contributed by atoms with Crippen LogP contribution in [0.1, 0.15) is 69.4 Å². The van der Waals surface area contributed by atoms with Crippen LogP contribution in [0.15, 0.2) is 36.2 Å². The smallest absolute Gasteiger partial charge is 0.195 e. The van der Waals surface area contributed by atoms with Gasteiger partial charge in [0, 0.05) is 0 Å². The Labute approximate surface area is 146 Å². The third-order valence-electron chi connectivity index (χ3n) is 5.37. The number of allylic oxidation sites excluding steroid dienone is 2. The van der Waals surface area contributed by atoms with Crippen LogP contribution >= 0.6 is 0 Å². The lowest BCUT2D eigenvalue weighted by molar-refractivity contribution is 0.254. The molecule has 1 nitrogen and oxygen atoms in total. The van der Waals surface area contributed by atoms with E-state index in [9.17, 15) is 4.39 Å². The lowest BCUT2D eigenvalue weighted by Crippen LogP contribution is -2.15. The van der Waals surface area contributed by atoms with Gasteiger partial charge in [0.25, 0.3) is 0 Å². The minimum Gasteiger partial charge on any atom is -0.195 e. The zero-order valence-corrected chi connectivity index (χ0v) is 14.9. The van der Waals surface area contributed by atoms with Gasteiger partial charge in [-0.05, 0) is 61.1 Å². The summed E-state index contributed by atoms with van der Waals surface area (Å²) in [5.74, 6) is 0.939. The van der Waals surface area contributed by atoms with Gasteiger partial charge >= 0.3 is 0 Å². The number of rotatable bonds is 8. The molecule has 0 unspecified atom stereocenters. The molecule has 0 aromatic heterocycles. The molecule has 1 fully saturated rings. The van der Waals surface area contributed by atoms with Crippen LogP contribution in [0.5, 0.6) is 0 Å². The van der Waals surface area contributed by atoms with Crippen LogP contribution in [0.2, 0.25) is 0 Å². The van der Waals surface area contributed by atoms with Crippen LogP contribution in [0.3, 0.4) is 0 Å². The van der Waals surface area contributed by atoms with E-state index in [1.54, 1.807) is 6.07 Å². The highest BCUT2D eigenvalue weighted by molar-refractivity contribution is 5.22. The molecule has 130 valence electrons. The molecular weight excluding hydrogens is 297 g/mol. The minimum absolute atomic E-state index is 0.631. The van der Waals surface area contributed by atoms with E-state index in [-0.39, 0.29) is 0 Å². The van der Waals surface area contributed by atoms with Crippen LogP contribution in [-0.4, -0.2) is 0 Å². The summed E-state index contributed by atoms with van der Waals surface area (Å²) in [6, 6.07) is 10.7. The molecule has 24 heavy (non-hydrogen) atoms. The normalized spacial score (nSPS) is 21.5. The van der Waals surface area contributed by atoms with Gasteiger partial charge in [-0.15, -0.1) is 0 Å². The molecule has 0 aliphatic heterocycles. The largest absolute Gasteiger partial charge is 0.196 e. The number of benzene rings is 1. The van der Waals surface area contributed by atoms with Crippen molar-refractivity contribution < 1.29 is 4.39 Å². The van der Waals surface area contributed by atoms with Crippen molar-refractivity contribution in [3.05, 3.63) is 47.3 Å². The molecule has 1 aromatic carbocycles. The topological polar surface area (TPSA) is 23.8 Å². The van der Waals surface area contributed by atoms with E-state index in [0.29, 0.717) is 6.42 Å². The minimum atomic E-state index is -0.631. The Bertz CT molecular complexity index is 544. The first-order valence-electron chi connectivity index (χ1n) is 9.54. The van der Waals surface area contributed by atoms with Gasteiger partial charge < -0.3 is 0 Å². The first-order chi connectivity index (χ1) is 11.7. The van der Waals surface area contributed by atoms with Crippen molar-refractivity contribution in [1.82, 2.24) is 0 Å². The number of halogens is 1. The summed E-state index contributed by atoms with van der Waals surface area (Å²) in [5, 5.41) is 8.41. The average Bonchev–Trinajstić information content (AvgIpc) is 2.62. The predicted molar refractivity (Wildman–Crippen MR) is 98.2 cm³/mol. The maximum Gasteiger partial charge on any atom is 0.196 e. The van der Waals surface area contributed by atoms with E-state index in [2.05, 4.69) is 31.2 Å². The quantitative estimate of drug-likeness (QED) is 0.498. The lowest BCUT2D eigenvalue weighted by atomic mass is 9.78. The summed E-state index contributed by atoms with van der Waals surface area (Å²) in [7, 11) is 0. The maximum absolute atomic E-state index is 12.8. The molecule has 0 bridgehead atoms. The number of hydrogen-bond donors (Lipinski definition) is 0. The summed E-state index contributed by atoms with van der Waals surface area (Å²) >= 11 is 0. The number of nitriles is 1. The Kier molecular flexibility index (Phi) is 8.02. The molecule has 0 N–H and O–H groups in total. The Morgan fingerprint density at radius 3 is 2.12 bits per heavy atom. The zero-order valence-electron chi connectivity index (χ0n) is 14.9. The van der Waals surface area contributed by atoms with E-state index < -0.39 is 5.83 Å². The van der Waals surface area contributed by atoms with E-state index in [1.165, 1.54) is 68.6 Å². The molecule has 2 rings (SSSR count). The van der Waals surface area contributed by atoms with E-state index in [0.717, 1.165) is 18.3 Å². The summed E-state index contributed by atoms with van der Waals surface area (Å²) < 4.78 is 12.8. The van der Waals surface area contributed by atoms with E-state index >= 15 is 0 Å². The van der Waals surface area contributed by atoms with Gasteiger partial charge in [-0.1, -0.05) is 63.3 Å². The molecule has 0 spiro atoms. The van der Waals surface area contributed by atoms with E-state index in [4.69, 9.17) is 5.26 Å². The third kappa shape index (κ3) is 6.48. The Morgan fingerprint density at radius 2 is 1.58 bits per heavy atom. The lowest BCUT2D eigenvalue weighted by Gasteiger charge is -2.28. The molecule has 1 saturated carbocycles. The van der Waals surface area contributed by atoms with Crippen LogP contribution in [0.4, 0.5) is 4.39 Å². The molecule has 0 amide bonds. The second-order valence-electron chi connectivity index (χ2n) is 7.23. The van der Waals surface area contributed by atoms with Crippen molar-refractivity contribution >= 4 is 0 Å². The van der Waals surface area contributed by atoms with Crippen LogP contribution in [0, 0.1) is 23.2 Å². The molecule has 1 aromatic rings. The SMILES string of the molecule is CCCc1ccc(CCC2CCC(CCC=C(F)C#N)CC2)cc1. The van der Waals surface area contributed by atoms with Crippen LogP contribution in [-0.2, 0) is 12.8 Å². The number of hydrogen-bond acceptors (Lipinski definition) is 1. The van der Waals surface area contributed by atoms with Crippen molar-refractivity contribution in [3.63, 3.8) is 0 Å². The first kappa shape index (κ1) is 18.7. The van der Waals surface area contributed by atoms with Gasteiger partial charge in [-0.25, -0.2) is 0 Å². The monoisotopic (exact) mass is 327 g/mol. The highest BCUT2D eigenvalue weighted by Crippen LogP contribution is 2.34. The number of aryl methyl sites for hydroxylation is 2. The summed E-state index contributed by atoms with van der Waals surface area (Å²) in [5.41, 5.74) is 2.91. The van der Waals surface area contributed by atoms with Gasteiger partial charge in [0.2, 0.25) is 0 Å². The average molecular weight is 327 g/mol. The van der Waals surface area contributed by atoms with Gasteiger partial charge in [0.1, 0.15) is 6.07 Å². The first-order valence-corrected chi connectivity index (χ1v) is 9.54. The maximum atomic E-state index is 12.8. The van der Waals surface area contributed by atoms with Gasteiger partial charge in [-0.3, -0.25) is 0 Å². The predicted octanol–water partition coefficient (Wildman–Crippen LogP) is 6.54. The van der Waals surface area contributed by atoms with Gasteiger partial charge in [0.05, 0.1) is 0 Å². The van der Waals surface area contributed by atoms with Crippen molar-refractivity contribution in [2.75, 3.05) is 0 Å². The highest BCUT2D eigenvalue weighted by atomic mass is 19.1. The molecule has 0 saturated heterocycles. The van der Waals surface area contributed by atoms with Crippen molar-refractivity contribution in [2.45, 2.75) is 71.1 Å². The Morgan fingerprint density at radius 1 is 1.04 bits per heavy atom. The Balaban J connectivity index is 1.65. The fraction of sp³-hybridized carbons (Fsp3) is 0.591. The second kappa shape index (κ2) is 10.3. The standard InChI is InChI=1S/C22H30FN/c1-2-4-18-7-11-20(12-8-18)15-16-21-13-9-19(10-14-21)5-3-6-22(23)17-24/h6-8,11-12,19,21H,2-5,9-10,13-16H2,1H3. The Hall–Kier alpha value is -1.62. The summed E-state index contributed by atoms with van der Waals surface area (Å²) in [6.07, 6.45) is 13.2. The van der Waals surface area contributed by atoms with Crippen molar-refractivity contribution in [2.24, 2.45) is 11.8 Å². The molecule has 2 heteroatoms. The summed E-state index contributed by atoms with van der Waals surface area (Å²) in [4.78, 5) is 0. The molecular formula is C22H30FN. The zero-order chi connectivity index (χ0) is 17.2. The fourth-order valence-electron chi connectivity index (χ4n) is 3.83. The molecule has 0 atom stereocenters. The molecule has 0 heterocycles. The molecule has 1 aliphatic carbocycles. The van der Waals surface area contributed by atoms with E-state index in [1.807, 2.05) is 0 Å². The van der Waals surface area contributed by atoms with Crippen LogP contribution in [0.25, 0.3) is 0 Å². The fourth-order valence-corrected chi connectivity index (χ4v) is 3.83. The number of nitrogens with zero attached hydrogens (tertiary/aromatic N) is 1. The molecule has 1 aliphatic rings. The van der Waals surface area contributed by atoms with Crippen molar-refractivity contribution in [3.8, 4) is 6.07 Å². The van der Waals surface area contributed by atoms with Crippen molar-refractivity contribution in [1.29, 1.82) is 5.26 Å². The molecule has 0 radical (unpaired) electrons. The second-order valence-corrected chi connectivity index (χ2v) is 7.23. The van der Waals surface area contributed by atoms with Crippen LogP contribution < -0.4 is 0 Å². The van der Waals surface area contributed by atoms with Gasteiger partial charge in [0.15, 0.2) is 5.83 Å². The summed E-state index contributed by atoms with van der Waals surface area (Å²) in [6.45, 7) is 2.22. The highest BCUT2D eigenvalue weighted by Gasteiger charge is 2.20.